The number of carbonyl (C=O) groups excluding carboxylic acids is 1. The lowest BCUT2D eigenvalue weighted by molar-refractivity contribution is -0.390. The number of amides is 1. The third-order valence-corrected chi connectivity index (χ3v) is 2.92. The van der Waals surface area contributed by atoms with E-state index in [0.29, 0.717) is 17.2 Å². The van der Waals surface area contributed by atoms with E-state index in [9.17, 15) is 14.9 Å². The minimum absolute atomic E-state index is 0.0825. The highest BCUT2D eigenvalue weighted by Gasteiger charge is 2.16. The molecule has 0 aliphatic rings. The number of benzene rings is 1. The molecule has 1 aromatic heterocycles. The lowest BCUT2D eigenvalue weighted by atomic mass is 10.2. The van der Waals surface area contributed by atoms with E-state index >= 15 is 0 Å². The number of methoxy groups -OCH3 is 2. The molecule has 2 rings (SSSR count). The average molecular weight is 333 g/mol. The van der Waals surface area contributed by atoms with Crippen LogP contribution in [0.1, 0.15) is 0 Å². The topological polar surface area (TPSA) is 113 Å². The number of hydrogen-bond donors (Lipinski definition) is 1. The Kier molecular flexibility index (Phi) is 5.50. The number of nitrogens with zero attached hydrogens (tertiary/aromatic N) is 2. The number of rotatable bonds is 7. The van der Waals surface area contributed by atoms with Gasteiger partial charge in [-0.15, -0.1) is 0 Å². The molecule has 0 radical (unpaired) electrons. The molecule has 1 aromatic carbocycles. The minimum Gasteiger partial charge on any atom is -0.497 e. The third kappa shape index (κ3) is 4.32. The molecule has 9 heteroatoms. The molecule has 0 saturated carbocycles. The first-order valence-corrected chi connectivity index (χ1v) is 6.78. The largest absolute Gasteiger partial charge is 0.497 e. The van der Waals surface area contributed by atoms with Gasteiger partial charge in [0.1, 0.15) is 17.7 Å². The van der Waals surface area contributed by atoms with Gasteiger partial charge in [0.05, 0.1) is 14.2 Å². The molecule has 1 amide bonds. The highest BCUT2D eigenvalue weighted by Crippen LogP contribution is 2.26. The van der Waals surface area contributed by atoms with Crippen molar-refractivity contribution in [2.24, 2.45) is 0 Å². The standard InChI is InChI=1S/C15H15N3O6/c1-22-11-6-10(7-12(8-11)23-2)17-14(19)9-24-13-4-3-5-16-15(13)18(20)21/h3-8H,9H2,1-2H3,(H,17,19). The Hall–Kier alpha value is -3.36. The number of nitrogens with one attached hydrogen (secondary N) is 1. The summed E-state index contributed by atoms with van der Waals surface area (Å²) in [6.45, 7) is -0.411. The molecule has 1 N–H and O–H groups in total. The van der Waals surface area contributed by atoms with Crippen LogP contribution in [0.15, 0.2) is 36.5 Å². The molecule has 0 aliphatic carbocycles. The number of aromatic nitrogens is 1. The van der Waals surface area contributed by atoms with Gasteiger partial charge in [-0.2, -0.15) is 0 Å². The van der Waals surface area contributed by atoms with Crippen molar-refractivity contribution in [3.05, 3.63) is 46.6 Å². The van der Waals surface area contributed by atoms with Crippen LogP contribution in [0.4, 0.5) is 11.5 Å². The Bertz CT molecular complexity index is 727. The van der Waals surface area contributed by atoms with E-state index in [4.69, 9.17) is 14.2 Å². The maximum atomic E-state index is 12.0. The fourth-order valence-corrected chi connectivity index (χ4v) is 1.85. The van der Waals surface area contributed by atoms with Gasteiger partial charge in [-0.05, 0) is 22.0 Å². The number of pyridine rings is 1. The van der Waals surface area contributed by atoms with Crippen LogP contribution in [0, 0.1) is 10.1 Å². The molecule has 0 unspecified atom stereocenters. The van der Waals surface area contributed by atoms with Crippen LogP contribution in [0.2, 0.25) is 0 Å². The number of carbonyl (C=O) groups is 1. The van der Waals surface area contributed by atoms with Crippen molar-refractivity contribution in [3.63, 3.8) is 0 Å². The second-order valence-electron chi connectivity index (χ2n) is 4.52. The van der Waals surface area contributed by atoms with Crippen LogP contribution >= 0.6 is 0 Å². The predicted octanol–water partition coefficient (Wildman–Crippen LogP) is 2.02. The van der Waals surface area contributed by atoms with Crippen molar-refractivity contribution in [1.82, 2.24) is 4.98 Å². The summed E-state index contributed by atoms with van der Waals surface area (Å²) in [6, 6.07) is 7.71. The van der Waals surface area contributed by atoms with Crippen LogP contribution in [0.3, 0.4) is 0 Å². The van der Waals surface area contributed by atoms with Crippen molar-refractivity contribution < 1.29 is 23.9 Å². The summed E-state index contributed by atoms with van der Waals surface area (Å²) in [4.78, 5) is 25.7. The first kappa shape index (κ1) is 17.0. The molecule has 9 nitrogen and oxygen atoms in total. The smallest absolute Gasteiger partial charge is 0.406 e. The first-order valence-electron chi connectivity index (χ1n) is 6.78. The summed E-state index contributed by atoms with van der Waals surface area (Å²) in [7, 11) is 2.98. The molecular formula is C15H15N3O6. The zero-order chi connectivity index (χ0) is 17.5. The van der Waals surface area contributed by atoms with Crippen LogP contribution in [0.5, 0.6) is 17.2 Å². The average Bonchev–Trinajstić information content (AvgIpc) is 2.59. The van der Waals surface area contributed by atoms with Gasteiger partial charge in [0, 0.05) is 23.9 Å². The molecule has 0 atom stereocenters. The van der Waals surface area contributed by atoms with E-state index in [1.807, 2.05) is 0 Å². The molecule has 0 bridgehead atoms. The second-order valence-corrected chi connectivity index (χ2v) is 4.52. The summed E-state index contributed by atoms with van der Waals surface area (Å²) in [5, 5.41) is 13.4. The maximum Gasteiger partial charge on any atom is 0.406 e. The molecule has 0 fully saturated rings. The quantitative estimate of drug-likeness (QED) is 0.609. The molecule has 24 heavy (non-hydrogen) atoms. The zero-order valence-corrected chi connectivity index (χ0v) is 13.0. The van der Waals surface area contributed by atoms with Crippen LogP contribution in [-0.2, 0) is 4.79 Å². The van der Waals surface area contributed by atoms with E-state index in [2.05, 4.69) is 10.3 Å². The minimum atomic E-state index is -0.680. The summed E-state index contributed by atoms with van der Waals surface area (Å²) >= 11 is 0. The molecule has 0 aliphatic heterocycles. The van der Waals surface area contributed by atoms with Gasteiger partial charge >= 0.3 is 5.82 Å². The molecular weight excluding hydrogens is 318 g/mol. The Morgan fingerprint density at radius 3 is 2.50 bits per heavy atom. The molecule has 0 saturated heterocycles. The number of ether oxygens (including phenoxy) is 3. The van der Waals surface area contributed by atoms with E-state index < -0.39 is 23.3 Å². The number of anilines is 1. The molecule has 1 heterocycles. The van der Waals surface area contributed by atoms with E-state index in [0.717, 1.165) is 0 Å². The lowest BCUT2D eigenvalue weighted by Gasteiger charge is -2.10. The zero-order valence-electron chi connectivity index (χ0n) is 13.0. The van der Waals surface area contributed by atoms with Crippen molar-refractivity contribution in [2.45, 2.75) is 0 Å². The van der Waals surface area contributed by atoms with Crippen LogP contribution in [0.25, 0.3) is 0 Å². The van der Waals surface area contributed by atoms with Crippen molar-refractivity contribution >= 4 is 17.4 Å². The summed E-state index contributed by atoms with van der Waals surface area (Å²) in [6.07, 6.45) is 1.27. The number of hydrogen-bond acceptors (Lipinski definition) is 7. The van der Waals surface area contributed by atoms with E-state index in [-0.39, 0.29) is 5.75 Å². The molecule has 2 aromatic rings. The highest BCUT2D eigenvalue weighted by molar-refractivity contribution is 5.92. The molecule has 126 valence electrons. The van der Waals surface area contributed by atoms with Gasteiger partial charge in [-0.3, -0.25) is 4.79 Å². The summed E-state index contributed by atoms with van der Waals surface area (Å²) in [5.74, 6) is -0.0142. The van der Waals surface area contributed by atoms with Crippen LogP contribution in [-0.4, -0.2) is 36.6 Å². The summed E-state index contributed by atoms with van der Waals surface area (Å²) < 4.78 is 15.4. The van der Waals surface area contributed by atoms with Gasteiger partial charge in [0.15, 0.2) is 6.61 Å². The Morgan fingerprint density at radius 2 is 1.92 bits per heavy atom. The summed E-state index contributed by atoms with van der Waals surface area (Å²) in [5.41, 5.74) is 0.445. The van der Waals surface area contributed by atoms with E-state index in [1.165, 1.54) is 32.5 Å². The fraction of sp³-hybridized carbons (Fsp3) is 0.200. The van der Waals surface area contributed by atoms with Crippen molar-refractivity contribution in [3.8, 4) is 17.2 Å². The Labute approximate surface area is 137 Å². The van der Waals surface area contributed by atoms with Gasteiger partial charge in [-0.1, -0.05) is 0 Å². The number of nitro groups is 1. The van der Waals surface area contributed by atoms with Gasteiger partial charge < -0.3 is 29.6 Å². The molecule has 0 spiro atoms. The predicted molar refractivity (Wildman–Crippen MR) is 84.6 cm³/mol. The van der Waals surface area contributed by atoms with Crippen molar-refractivity contribution in [2.75, 3.05) is 26.1 Å². The maximum absolute atomic E-state index is 12.0. The van der Waals surface area contributed by atoms with Crippen LogP contribution < -0.4 is 19.5 Å². The Balaban J connectivity index is 2.03. The fourth-order valence-electron chi connectivity index (χ4n) is 1.85. The van der Waals surface area contributed by atoms with E-state index in [1.54, 1.807) is 18.2 Å². The highest BCUT2D eigenvalue weighted by atomic mass is 16.6. The SMILES string of the molecule is COc1cc(NC(=O)COc2cccnc2[N+](=O)[O-])cc(OC)c1. The monoisotopic (exact) mass is 333 g/mol. The van der Waals surface area contributed by atoms with Gasteiger partial charge in [0.25, 0.3) is 5.91 Å². The van der Waals surface area contributed by atoms with Gasteiger partial charge in [0.2, 0.25) is 5.75 Å². The van der Waals surface area contributed by atoms with Crippen molar-refractivity contribution in [1.29, 1.82) is 0 Å². The first-order chi connectivity index (χ1) is 11.5. The lowest BCUT2D eigenvalue weighted by Crippen LogP contribution is -2.20. The third-order valence-electron chi connectivity index (χ3n) is 2.92. The second kappa shape index (κ2) is 7.77. The van der Waals surface area contributed by atoms with Gasteiger partial charge in [-0.25, -0.2) is 0 Å². The normalized spacial score (nSPS) is 9.92. The Morgan fingerprint density at radius 1 is 1.25 bits per heavy atom.